The summed E-state index contributed by atoms with van der Waals surface area (Å²) in [4.78, 5) is 20.5. The Bertz CT molecular complexity index is 889. The van der Waals surface area contributed by atoms with Crippen molar-refractivity contribution in [3.63, 3.8) is 0 Å². The van der Waals surface area contributed by atoms with Gasteiger partial charge in [0.2, 0.25) is 5.60 Å². The van der Waals surface area contributed by atoms with E-state index in [0.717, 1.165) is 30.4 Å². The van der Waals surface area contributed by atoms with E-state index in [9.17, 15) is 4.79 Å². The highest BCUT2D eigenvalue weighted by atomic mass is 16.6. The van der Waals surface area contributed by atoms with E-state index < -0.39 is 22.8 Å². The summed E-state index contributed by atoms with van der Waals surface area (Å²) in [6, 6.07) is 0. The zero-order chi connectivity index (χ0) is 19.0. The van der Waals surface area contributed by atoms with Crippen molar-refractivity contribution in [1.82, 2.24) is 0 Å². The number of ether oxygens (including phenoxy) is 2. The molecule has 6 atom stereocenters. The summed E-state index contributed by atoms with van der Waals surface area (Å²) >= 11 is 0. The Balaban J connectivity index is 1.69. The quantitative estimate of drug-likeness (QED) is 0.427. The van der Waals surface area contributed by atoms with Gasteiger partial charge in [0.15, 0.2) is 0 Å². The van der Waals surface area contributed by atoms with Crippen molar-refractivity contribution in [2.75, 3.05) is 6.61 Å². The molecule has 2 saturated carbocycles. The van der Waals surface area contributed by atoms with Crippen LogP contribution in [-0.4, -0.2) is 29.4 Å². The first-order valence-corrected chi connectivity index (χ1v) is 9.72. The zero-order valence-electron chi connectivity index (χ0n) is 15.4. The Hall–Kier alpha value is -2.37. The normalized spacial score (nSPS) is 44.7. The highest BCUT2D eigenvalue weighted by Gasteiger charge is 2.77. The third-order valence-corrected chi connectivity index (χ3v) is 7.42. The smallest absolute Gasteiger partial charge is 0.463 e. The Morgan fingerprint density at radius 1 is 1.37 bits per heavy atom. The first-order chi connectivity index (χ1) is 13.0. The van der Waals surface area contributed by atoms with E-state index in [1.54, 1.807) is 13.0 Å². The molecule has 0 radical (unpaired) electrons. The van der Waals surface area contributed by atoms with E-state index in [1.165, 1.54) is 0 Å². The molecule has 5 rings (SSSR count). The highest BCUT2D eigenvalue weighted by Crippen LogP contribution is 2.68. The number of carbonyl (C=O) groups is 1. The minimum absolute atomic E-state index is 0.0504. The second-order valence-electron chi connectivity index (χ2n) is 8.55. The maximum absolute atomic E-state index is 12.8. The van der Waals surface area contributed by atoms with Crippen LogP contribution >= 0.6 is 0 Å². The Morgan fingerprint density at radius 3 is 2.85 bits per heavy atom. The van der Waals surface area contributed by atoms with Crippen LogP contribution in [0.25, 0.3) is 9.69 Å². The van der Waals surface area contributed by atoms with Crippen molar-refractivity contribution in [2.24, 2.45) is 23.7 Å². The lowest BCUT2D eigenvalue weighted by molar-refractivity contribution is -0.165. The predicted molar refractivity (Wildman–Crippen MR) is 97.9 cm³/mol. The van der Waals surface area contributed by atoms with Crippen LogP contribution in [0.2, 0.25) is 0 Å². The molecule has 4 bridgehead atoms. The van der Waals surface area contributed by atoms with Gasteiger partial charge in [-0.25, -0.2) is 27.6 Å². The van der Waals surface area contributed by atoms with Gasteiger partial charge in [-0.1, -0.05) is 18.7 Å². The summed E-state index contributed by atoms with van der Waals surface area (Å²) < 4.78 is 11.7. The van der Waals surface area contributed by atoms with Crippen LogP contribution < -0.4 is 0 Å². The van der Waals surface area contributed by atoms with E-state index in [1.807, 2.05) is 6.08 Å². The molecule has 3 aliphatic carbocycles. The maximum Gasteiger partial charge on any atom is 0.509 e. The van der Waals surface area contributed by atoms with Gasteiger partial charge in [-0.2, -0.15) is 0 Å². The predicted octanol–water partition coefficient (Wildman–Crippen LogP) is 3.71. The summed E-state index contributed by atoms with van der Waals surface area (Å²) in [6.07, 6.45) is 9.44. The average molecular weight is 362 g/mol. The summed E-state index contributed by atoms with van der Waals surface area (Å²) in [6.45, 7) is 22.1. The van der Waals surface area contributed by atoms with E-state index in [4.69, 9.17) is 22.6 Å². The molecule has 1 saturated heterocycles. The van der Waals surface area contributed by atoms with E-state index in [2.05, 4.69) is 22.3 Å². The molecule has 5 heteroatoms. The molecule has 0 amide bonds. The van der Waals surface area contributed by atoms with Crippen LogP contribution in [0, 0.1) is 36.8 Å². The fourth-order valence-electron chi connectivity index (χ4n) is 6.42. The first-order valence-electron chi connectivity index (χ1n) is 9.72. The van der Waals surface area contributed by atoms with Gasteiger partial charge in [-0.3, -0.25) is 0 Å². The summed E-state index contributed by atoms with van der Waals surface area (Å²) in [5.41, 5.74) is -1.60. The number of fused-ring (bicyclic) bond motifs is 6. The Kier molecular flexibility index (Phi) is 3.18. The highest BCUT2D eigenvalue weighted by molar-refractivity contribution is 5.89. The maximum atomic E-state index is 12.8. The third-order valence-electron chi connectivity index (χ3n) is 7.42. The third kappa shape index (κ3) is 1.79. The van der Waals surface area contributed by atoms with Crippen molar-refractivity contribution in [2.45, 2.75) is 49.5 Å². The number of nitrogens with zero attached hydrogens (tertiary/aromatic N) is 2. The van der Waals surface area contributed by atoms with Gasteiger partial charge in [0.05, 0.1) is 6.61 Å². The molecule has 0 N–H and O–H groups in total. The lowest BCUT2D eigenvalue weighted by Gasteiger charge is -2.46. The number of hydrogen-bond acceptors (Lipinski definition) is 3. The summed E-state index contributed by atoms with van der Waals surface area (Å²) in [5.74, 6) is 0.445. The molecule has 5 nitrogen and oxygen atoms in total. The Labute approximate surface area is 159 Å². The zero-order valence-corrected chi connectivity index (χ0v) is 15.4. The van der Waals surface area contributed by atoms with Crippen LogP contribution in [0.5, 0.6) is 0 Å². The SMILES string of the molecule is [C-]#[N+]C1([N+]#[C-])C[C@@]23C=CC(C(=O)OCC)(O2)C(=C)[C@H]3[C@H]2C1=C[C@@H]1CCC2C1. The molecule has 1 spiro atoms. The number of allylic oxidation sites excluding steroid dienone is 1. The summed E-state index contributed by atoms with van der Waals surface area (Å²) in [5, 5.41) is 0. The molecule has 27 heavy (non-hydrogen) atoms. The van der Waals surface area contributed by atoms with Gasteiger partial charge in [-0.15, -0.1) is 0 Å². The summed E-state index contributed by atoms with van der Waals surface area (Å²) in [7, 11) is 0. The minimum Gasteiger partial charge on any atom is -0.463 e. The van der Waals surface area contributed by atoms with E-state index >= 15 is 0 Å². The van der Waals surface area contributed by atoms with Crippen LogP contribution in [0.4, 0.5) is 0 Å². The average Bonchev–Trinajstić information content (AvgIpc) is 3.31. The molecule has 5 aliphatic rings. The van der Waals surface area contributed by atoms with Crippen molar-refractivity contribution < 1.29 is 14.3 Å². The molecule has 2 heterocycles. The Morgan fingerprint density at radius 2 is 2.15 bits per heavy atom. The lowest BCUT2D eigenvalue weighted by Crippen LogP contribution is -2.54. The van der Waals surface area contributed by atoms with Gasteiger partial charge in [0.25, 0.3) is 0 Å². The van der Waals surface area contributed by atoms with Gasteiger partial charge in [-0.05, 0) is 49.7 Å². The number of esters is 1. The van der Waals surface area contributed by atoms with Crippen molar-refractivity contribution in [1.29, 1.82) is 0 Å². The molecule has 0 aromatic heterocycles. The number of hydrogen-bond donors (Lipinski definition) is 0. The monoisotopic (exact) mass is 362 g/mol. The van der Waals surface area contributed by atoms with E-state index in [-0.39, 0.29) is 24.9 Å². The van der Waals surface area contributed by atoms with Gasteiger partial charge >= 0.3 is 11.6 Å². The second kappa shape index (κ2) is 5.12. The van der Waals surface area contributed by atoms with Gasteiger partial charge in [0, 0.05) is 11.8 Å². The van der Waals surface area contributed by atoms with Crippen molar-refractivity contribution >= 4 is 5.97 Å². The molecule has 0 aromatic rings. The largest absolute Gasteiger partial charge is 0.509 e. The van der Waals surface area contributed by atoms with Crippen LogP contribution in [0.1, 0.15) is 32.6 Å². The van der Waals surface area contributed by atoms with Crippen LogP contribution in [0.15, 0.2) is 36.0 Å². The number of rotatable bonds is 2. The standard InChI is InChI=1S/C22H22N2O3/c1-5-26-19(25)21-9-8-20(27-21)12-22(23-3,24-4)16-11-14-6-7-15(10-14)17(16)18(20)13(21)2/h8-9,11,14-15,17-18H,2,5-7,10,12H2,1H3/t14-,15?,17-,18+,20-,21?/m1/s1. The fraction of sp³-hybridized carbons (Fsp3) is 0.591. The van der Waals surface area contributed by atoms with Gasteiger partial charge in [0.1, 0.15) is 17.6 Å². The molecule has 2 aliphatic heterocycles. The molecule has 138 valence electrons. The number of carbonyl (C=O) groups excluding carboxylic acids is 1. The molecular formula is C22H22N2O3. The lowest BCUT2D eigenvalue weighted by atomic mass is 9.54. The molecule has 0 aromatic carbocycles. The molecule has 3 fully saturated rings. The van der Waals surface area contributed by atoms with Crippen molar-refractivity contribution in [3.05, 3.63) is 58.8 Å². The van der Waals surface area contributed by atoms with Gasteiger partial charge < -0.3 is 9.47 Å². The molecular weight excluding hydrogens is 340 g/mol. The second-order valence-corrected chi connectivity index (χ2v) is 8.55. The molecule has 2 unspecified atom stereocenters. The van der Waals surface area contributed by atoms with E-state index in [0.29, 0.717) is 11.8 Å². The van der Waals surface area contributed by atoms with Crippen LogP contribution in [-0.2, 0) is 14.3 Å². The topological polar surface area (TPSA) is 44.2 Å². The van der Waals surface area contributed by atoms with Crippen molar-refractivity contribution in [3.8, 4) is 0 Å². The van der Waals surface area contributed by atoms with Crippen LogP contribution in [0.3, 0.4) is 0 Å². The minimum atomic E-state index is -1.26. The first kappa shape index (κ1) is 16.8. The fourth-order valence-corrected chi connectivity index (χ4v) is 6.42.